The molecule has 0 bridgehead atoms. The van der Waals surface area contributed by atoms with Crippen LogP contribution in [0.1, 0.15) is 6.92 Å². The summed E-state index contributed by atoms with van der Waals surface area (Å²) < 4.78 is 1.93. The lowest BCUT2D eigenvalue weighted by molar-refractivity contribution is -0.117. The minimum Gasteiger partial charge on any atom is -0.299 e. The van der Waals surface area contributed by atoms with E-state index in [1.807, 2.05) is 37.3 Å². The van der Waals surface area contributed by atoms with Gasteiger partial charge in [-0.25, -0.2) is 4.68 Å². The van der Waals surface area contributed by atoms with Gasteiger partial charge in [0.2, 0.25) is 11.0 Å². The maximum Gasteiger partial charge on any atom is 0.267 e. The van der Waals surface area contributed by atoms with Crippen LogP contribution >= 0.6 is 23.1 Å². The van der Waals surface area contributed by atoms with Crippen molar-refractivity contribution >= 4 is 34.1 Å². The number of hydrogen-bond acceptors (Lipinski definition) is 7. The van der Waals surface area contributed by atoms with Crippen LogP contribution in [0.25, 0.3) is 11.3 Å². The Labute approximate surface area is 152 Å². The van der Waals surface area contributed by atoms with E-state index in [2.05, 4.69) is 20.6 Å². The Kier molecular flexibility index (Phi) is 5.56. The molecule has 3 aromatic rings. The lowest BCUT2D eigenvalue weighted by atomic mass is 10.1. The zero-order valence-corrected chi connectivity index (χ0v) is 15.0. The van der Waals surface area contributed by atoms with Gasteiger partial charge in [0.1, 0.15) is 6.54 Å². The van der Waals surface area contributed by atoms with E-state index in [-0.39, 0.29) is 18.0 Å². The Morgan fingerprint density at radius 1 is 1.20 bits per heavy atom. The van der Waals surface area contributed by atoms with Crippen molar-refractivity contribution in [2.24, 2.45) is 0 Å². The van der Waals surface area contributed by atoms with E-state index in [1.54, 1.807) is 17.8 Å². The smallest absolute Gasteiger partial charge is 0.267 e. The fourth-order valence-corrected chi connectivity index (χ4v) is 3.73. The molecule has 7 nitrogen and oxygen atoms in total. The third kappa shape index (κ3) is 4.52. The van der Waals surface area contributed by atoms with Crippen molar-refractivity contribution in [1.29, 1.82) is 0 Å². The van der Waals surface area contributed by atoms with Gasteiger partial charge in [0.15, 0.2) is 4.34 Å². The Bertz CT molecular complexity index is 924. The minimum atomic E-state index is -0.371. The monoisotopic (exact) mass is 373 g/mol. The second-order valence-corrected chi connectivity index (χ2v) is 7.42. The van der Waals surface area contributed by atoms with Crippen LogP contribution in [-0.4, -0.2) is 31.6 Å². The summed E-state index contributed by atoms with van der Waals surface area (Å²) in [5.41, 5.74) is 1.17. The molecule has 9 heteroatoms. The van der Waals surface area contributed by atoms with Crippen molar-refractivity contribution in [3.8, 4) is 11.3 Å². The molecule has 0 aliphatic heterocycles. The van der Waals surface area contributed by atoms with Crippen LogP contribution in [-0.2, 0) is 11.3 Å². The van der Waals surface area contributed by atoms with Gasteiger partial charge in [-0.2, -0.15) is 5.10 Å². The van der Waals surface area contributed by atoms with Gasteiger partial charge in [0.25, 0.3) is 5.56 Å². The molecule has 2 aromatic heterocycles. The molecule has 0 saturated heterocycles. The van der Waals surface area contributed by atoms with Gasteiger partial charge in [-0.1, -0.05) is 60.4 Å². The Balaban J connectivity index is 1.73. The third-order valence-corrected chi connectivity index (χ3v) is 5.00. The van der Waals surface area contributed by atoms with E-state index in [0.717, 1.165) is 20.3 Å². The van der Waals surface area contributed by atoms with E-state index in [9.17, 15) is 9.59 Å². The Morgan fingerprint density at radius 2 is 2.00 bits per heavy atom. The summed E-state index contributed by atoms with van der Waals surface area (Å²) in [5, 5.41) is 15.2. The average molecular weight is 373 g/mol. The average Bonchev–Trinajstić information content (AvgIpc) is 3.05. The number of aromatic nitrogens is 4. The van der Waals surface area contributed by atoms with Crippen molar-refractivity contribution in [3.05, 3.63) is 52.8 Å². The molecule has 0 radical (unpaired) electrons. The second-order valence-electron chi connectivity index (χ2n) is 4.93. The van der Waals surface area contributed by atoms with Crippen molar-refractivity contribution in [3.63, 3.8) is 0 Å². The van der Waals surface area contributed by atoms with Gasteiger partial charge < -0.3 is 0 Å². The van der Waals surface area contributed by atoms with Crippen LogP contribution in [0.5, 0.6) is 0 Å². The molecule has 0 atom stereocenters. The number of carbonyl (C=O) groups is 1. The first-order valence-corrected chi connectivity index (χ1v) is 9.35. The molecule has 1 N–H and O–H groups in total. The lowest BCUT2D eigenvalue weighted by Crippen LogP contribution is -2.29. The van der Waals surface area contributed by atoms with Gasteiger partial charge >= 0.3 is 0 Å². The molecule has 0 spiro atoms. The Morgan fingerprint density at radius 3 is 2.76 bits per heavy atom. The quantitative estimate of drug-likeness (QED) is 0.527. The molecule has 0 aliphatic rings. The van der Waals surface area contributed by atoms with Gasteiger partial charge in [-0.15, -0.1) is 10.2 Å². The van der Waals surface area contributed by atoms with Crippen molar-refractivity contribution in [2.45, 2.75) is 17.8 Å². The van der Waals surface area contributed by atoms with Crippen molar-refractivity contribution in [1.82, 2.24) is 20.0 Å². The zero-order valence-electron chi connectivity index (χ0n) is 13.4. The van der Waals surface area contributed by atoms with Gasteiger partial charge in [-0.05, 0) is 11.8 Å². The summed E-state index contributed by atoms with van der Waals surface area (Å²) in [4.78, 5) is 24.1. The van der Waals surface area contributed by atoms with Gasteiger partial charge in [0.05, 0.1) is 5.69 Å². The van der Waals surface area contributed by atoms with E-state index in [1.165, 1.54) is 17.4 Å². The normalized spacial score (nSPS) is 10.6. The number of thioether (sulfide) groups is 1. The van der Waals surface area contributed by atoms with Crippen molar-refractivity contribution in [2.75, 3.05) is 11.1 Å². The molecule has 0 unspecified atom stereocenters. The molecule has 0 saturated carbocycles. The van der Waals surface area contributed by atoms with Crippen LogP contribution in [0, 0.1) is 0 Å². The molecule has 3 rings (SSSR count). The van der Waals surface area contributed by atoms with Crippen LogP contribution in [0.4, 0.5) is 5.13 Å². The highest BCUT2D eigenvalue weighted by Crippen LogP contribution is 2.24. The number of nitrogens with one attached hydrogen (secondary N) is 1. The molecule has 2 heterocycles. The molecule has 0 fully saturated rings. The minimum absolute atomic E-state index is 0.185. The molecule has 128 valence electrons. The first-order valence-electron chi connectivity index (χ1n) is 7.55. The number of benzene rings is 1. The summed E-state index contributed by atoms with van der Waals surface area (Å²) in [6, 6.07) is 12.5. The van der Waals surface area contributed by atoms with Crippen LogP contribution < -0.4 is 10.9 Å². The van der Waals surface area contributed by atoms with Crippen molar-refractivity contribution < 1.29 is 4.79 Å². The molecule has 0 aliphatic carbocycles. The maximum atomic E-state index is 12.2. The number of amides is 1. The summed E-state index contributed by atoms with van der Waals surface area (Å²) in [5.74, 6) is 0.512. The van der Waals surface area contributed by atoms with Crippen LogP contribution in [0.2, 0.25) is 0 Å². The molecule has 25 heavy (non-hydrogen) atoms. The molecular formula is C16H15N5O2S2. The number of nitrogens with zero attached hydrogens (tertiary/aromatic N) is 4. The summed E-state index contributed by atoms with van der Waals surface area (Å²) in [6.07, 6.45) is 0. The predicted octanol–water partition coefficient (Wildman–Crippen LogP) is 2.51. The highest BCUT2D eigenvalue weighted by Gasteiger charge is 2.11. The zero-order chi connectivity index (χ0) is 17.6. The third-order valence-electron chi connectivity index (χ3n) is 3.15. The fourth-order valence-electron chi connectivity index (χ4n) is 2.06. The van der Waals surface area contributed by atoms with E-state index >= 15 is 0 Å². The predicted molar refractivity (Wildman–Crippen MR) is 98.9 cm³/mol. The van der Waals surface area contributed by atoms with Crippen LogP contribution in [0.15, 0.2) is 51.6 Å². The van der Waals surface area contributed by atoms with Gasteiger partial charge in [-0.3, -0.25) is 14.9 Å². The largest absolute Gasteiger partial charge is 0.299 e. The van der Waals surface area contributed by atoms with E-state index in [4.69, 9.17) is 0 Å². The summed E-state index contributed by atoms with van der Waals surface area (Å²) in [7, 11) is 0. The number of anilines is 1. The van der Waals surface area contributed by atoms with E-state index < -0.39 is 0 Å². The van der Waals surface area contributed by atoms with Crippen LogP contribution in [0.3, 0.4) is 0 Å². The fraction of sp³-hybridized carbons (Fsp3) is 0.188. The standard InChI is InChI=1S/C16H15N5O2S2/c1-2-24-16-19-18-15(25-16)17-13(22)10-21-14(23)9-8-12(20-21)11-6-4-3-5-7-11/h3-9H,2,10H2,1H3,(H,17,18,22). The topological polar surface area (TPSA) is 89.8 Å². The SMILES string of the molecule is CCSc1nnc(NC(=O)Cn2nc(-c3ccccc3)ccc2=O)s1. The summed E-state index contributed by atoms with van der Waals surface area (Å²) >= 11 is 2.86. The Hall–Kier alpha value is -2.52. The first-order chi connectivity index (χ1) is 12.2. The second kappa shape index (κ2) is 8.04. The highest BCUT2D eigenvalue weighted by atomic mass is 32.2. The molecule has 1 amide bonds. The lowest BCUT2D eigenvalue weighted by Gasteiger charge is -2.06. The number of rotatable bonds is 6. The van der Waals surface area contributed by atoms with E-state index in [0.29, 0.717) is 10.8 Å². The maximum absolute atomic E-state index is 12.2. The first kappa shape index (κ1) is 17.3. The highest BCUT2D eigenvalue weighted by molar-refractivity contribution is 8.01. The molecule has 1 aromatic carbocycles. The number of carbonyl (C=O) groups excluding carboxylic acids is 1. The molecular weight excluding hydrogens is 358 g/mol. The van der Waals surface area contributed by atoms with Gasteiger partial charge in [0, 0.05) is 11.6 Å². The summed E-state index contributed by atoms with van der Waals surface area (Å²) in [6.45, 7) is 1.83. The number of hydrogen-bond donors (Lipinski definition) is 1.